The number of anilines is 1. The van der Waals surface area contributed by atoms with Crippen LogP contribution in [-0.4, -0.2) is 54.2 Å². The summed E-state index contributed by atoms with van der Waals surface area (Å²) in [7, 11) is 0. The van der Waals surface area contributed by atoms with E-state index < -0.39 is 0 Å². The monoisotopic (exact) mass is 296 g/mol. The van der Waals surface area contributed by atoms with Crippen LogP contribution in [0.1, 0.15) is 28.2 Å². The fourth-order valence-electron chi connectivity index (χ4n) is 2.92. The number of nitrogens with zero attached hydrogens (tertiary/aromatic N) is 2. The van der Waals surface area contributed by atoms with E-state index in [-0.39, 0.29) is 12.0 Å². The molecule has 0 saturated carbocycles. The molecule has 3 N–H and O–H groups in total. The second-order valence-corrected chi connectivity index (χ2v) is 6.45. The van der Waals surface area contributed by atoms with Gasteiger partial charge in [0.05, 0.1) is 18.4 Å². The lowest BCUT2D eigenvalue weighted by atomic mass is 10.2. The SMILES string of the molecule is Cc1nc(N)sc1C(=O)NCC1CN2CCCC2CO1. The van der Waals surface area contributed by atoms with Gasteiger partial charge < -0.3 is 15.8 Å². The minimum Gasteiger partial charge on any atom is -0.375 e. The zero-order valence-corrected chi connectivity index (χ0v) is 12.4. The second-order valence-electron chi connectivity index (χ2n) is 5.42. The van der Waals surface area contributed by atoms with E-state index in [9.17, 15) is 4.79 Å². The molecule has 0 aliphatic carbocycles. The van der Waals surface area contributed by atoms with Gasteiger partial charge in [0, 0.05) is 19.1 Å². The third kappa shape index (κ3) is 2.79. The number of amides is 1. The Hall–Kier alpha value is -1.18. The molecule has 2 unspecified atom stereocenters. The molecule has 2 aliphatic heterocycles. The topological polar surface area (TPSA) is 80.5 Å². The van der Waals surface area contributed by atoms with Gasteiger partial charge >= 0.3 is 0 Å². The molecule has 2 atom stereocenters. The lowest BCUT2D eigenvalue weighted by Gasteiger charge is -2.35. The summed E-state index contributed by atoms with van der Waals surface area (Å²) in [6.45, 7) is 5.19. The third-order valence-electron chi connectivity index (χ3n) is 3.97. The highest BCUT2D eigenvalue weighted by atomic mass is 32.1. The Kier molecular flexibility index (Phi) is 3.91. The van der Waals surface area contributed by atoms with Crippen LogP contribution in [0.15, 0.2) is 0 Å². The Bertz CT molecular complexity index is 505. The van der Waals surface area contributed by atoms with Gasteiger partial charge in [0.1, 0.15) is 4.88 Å². The first-order valence-electron chi connectivity index (χ1n) is 7.00. The lowest BCUT2D eigenvalue weighted by Crippen LogP contribution is -2.50. The molecule has 20 heavy (non-hydrogen) atoms. The molecule has 7 heteroatoms. The standard InChI is InChI=1S/C13H20N4O2S/c1-8-11(20-13(14)16-8)12(18)15-5-10-6-17-4-2-3-9(17)7-19-10/h9-10H,2-7H2,1H3,(H2,14,16)(H,15,18). The molecule has 1 amide bonds. The number of nitrogens with two attached hydrogens (primary N) is 1. The van der Waals surface area contributed by atoms with Gasteiger partial charge in [-0.2, -0.15) is 0 Å². The summed E-state index contributed by atoms with van der Waals surface area (Å²) in [4.78, 5) is 19.2. The van der Waals surface area contributed by atoms with Crippen molar-refractivity contribution in [2.45, 2.75) is 31.9 Å². The maximum Gasteiger partial charge on any atom is 0.263 e. The third-order valence-corrected chi connectivity index (χ3v) is 4.96. The molecule has 1 aromatic rings. The van der Waals surface area contributed by atoms with Crippen molar-refractivity contribution >= 4 is 22.4 Å². The largest absolute Gasteiger partial charge is 0.375 e. The first-order chi connectivity index (χ1) is 9.63. The van der Waals surface area contributed by atoms with Crippen LogP contribution >= 0.6 is 11.3 Å². The lowest BCUT2D eigenvalue weighted by molar-refractivity contribution is -0.0461. The van der Waals surface area contributed by atoms with Crippen LogP contribution in [0, 0.1) is 6.92 Å². The number of carbonyl (C=O) groups is 1. The van der Waals surface area contributed by atoms with Gasteiger partial charge in [0.25, 0.3) is 5.91 Å². The zero-order valence-electron chi connectivity index (χ0n) is 11.6. The van der Waals surface area contributed by atoms with E-state index in [2.05, 4.69) is 15.2 Å². The van der Waals surface area contributed by atoms with Crippen molar-refractivity contribution in [1.82, 2.24) is 15.2 Å². The summed E-state index contributed by atoms with van der Waals surface area (Å²) >= 11 is 1.23. The van der Waals surface area contributed by atoms with Crippen molar-refractivity contribution in [1.29, 1.82) is 0 Å². The maximum absolute atomic E-state index is 12.1. The van der Waals surface area contributed by atoms with Crippen LogP contribution < -0.4 is 11.1 Å². The zero-order chi connectivity index (χ0) is 14.1. The quantitative estimate of drug-likeness (QED) is 0.855. The second kappa shape index (κ2) is 5.67. The number of nitrogen functional groups attached to an aromatic ring is 1. The van der Waals surface area contributed by atoms with Crippen LogP contribution in [0.25, 0.3) is 0 Å². The highest BCUT2D eigenvalue weighted by Crippen LogP contribution is 2.23. The molecule has 1 aromatic heterocycles. The van der Waals surface area contributed by atoms with Crippen LogP contribution in [-0.2, 0) is 4.74 Å². The van der Waals surface area contributed by atoms with Gasteiger partial charge in [-0.3, -0.25) is 9.69 Å². The van der Waals surface area contributed by atoms with Gasteiger partial charge in [-0.05, 0) is 26.3 Å². The predicted molar refractivity (Wildman–Crippen MR) is 77.9 cm³/mol. The van der Waals surface area contributed by atoms with Crippen molar-refractivity contribution in [3.05, 3.63) is 10.6 Å². The molecule has 110 valence electrons. The van der Waals surface area contributed by atoms with Gasteiger partial charge in [0.2, 0.25) is 0 Å². The Labute approximate surface area is 122 Å². The summed E-state index contributed by atoms with van der Waals surface area (Å²) in [6.07, 6.45) is 2.57. The van der Waals surface area contributed by atoms with E-state index in [1.807, 2.05) is 0 Å². The molecule has 3 heterocycles. The molecule has 6 nitrogen and oxygen atoms in total. The van der Waals surface area contributed by atoms with E-state index in [1.54, 1.807) is 6.92 Å². The highest BCUT2D eigenvalue weighted by Gasteiger charge is 2.32. The first-order valence-corrected chi connectivity index (χ1v) is 7.82. The van der Waals surface area contributed by atoms with E-state index in [0.29, 0.717) is 28.3 Å². The van der Waals surface area contributed by atoms with Gasteiger partial charge in [-0.15, -0.1) is 0 Å². The first kappa shape index (κ1) is 13.8. The van der Waals surface area contributed by atoms with Gasteiger partial charge in [-0.1, -0.05) is 11.3 Å². The Morgan fingerprint density at radius 2 is 2.50 bits per heavy atom. The van der Waals surface area contributed by atoms with E-state index >= 15 is 0 Å². The van der Waals surface area contributed by atoms with Crippen molar-refractivity contribution in [3.8, 4) is 0 Å². The number of aryl methyl sites for hydroxylation is 1. The van der Waals surface area contributed by atoms with E-state index in [0.717, 1.165) is 19.7 Å². The average Bonchev–Trinajstić information content (AvgIpc) is 3.01. The number of morpholine rings is 1. The average molecular weight is 296 g/mol. The number of aromatic nitrogens is 1. The highest BCUT2D eigenvalue weighted by molar-refractivity contribution is 7.17. The fourth-order valence-corrected chi connectivity index (χ4v) is 3.67. The number of ether oxygens (including phenoxy) is 1. The van der Waals surface area contributed by atoms with Crippen molar-refractivity contribution in [2.24, 2.45) is 0 Å². The normalized spacial score (nSPS) is 26.4. The summed E-state index contributed by atoms with van der Waals surface area (Å²) < 4.78 is 5.82. The van der Waals surface area contributed by atoms with Crippen molar-refractivity contribution in [3.63, 3.8) is 0 Å². The number of fused-ring (bicyclic) bond motifs is 1. The van der Waals surface area contributed by atoms with Gasteiger partial charge in [-0.25, -0.2) is 4.98 Å². The predicted octanol–water partition coefficient (Wildman–Crippen LogP) is 0.627. The van der Waals surface area contributed by atoms with Gasteiger partial charge in [0.15, 0.2) is 5.13 Å². The smallest absolute Gasteiger partial charge is 0.263 e. The van der Waals surface area contributed by atoms with Crippen LogP contribution in [0.4, 0.5) is 5.13 Å². The van der Waals surface area contributed by atoms with Crippen LogP contribution in [0.2, 0.25) is 0 Å². The number of hydrogen-bond donors (Lipinski definition) is 2. The molecule has 3 rings (SSSR count). The van der Waals surface area contributed by atoms with E-state index in [4.69, 9.17) is 10.5 Å². The van der Waals surface area contributed by atoms with Crippen LogP contribution in [0.3, 0.4) is 0 Å². The number of carbonyl (C=O) groups excluding carboxylic acids is 1. The van der Waals surface area contributed by atoms with Crippen LogP contribution in [0.5, 0.6) is 0 Å². The molecule has 0 aromatic carbocycles. The van der Waals surface area contributed by atoms with Crippen molar-refractivity contribution < 1.29 is 9.53 Å². The minimum absolute atomic E-state index is 0.0823. The Morgan fingerprint density at radius 3 is 3.25 bits per heavy atom. The summed E-state index contributed by atoms with van der Waals surface area (Å²) in [5, 5.41) is 3.36. The molecule has 2 saturated heterocycles. The fraction of sp³-hybridized carbons (Fsp3) is 0.692. The minimum atomic E-state index is -0.108. The van der Waals surface area contributed by atoms with Crippen molar-refractivity contribution in [2.75, 3.05) is 32.0 Å². The molecule has 2 fully saturated rings. The molecule has 2 aliphatic rings. The number of hydrogen-bond acceptors (Lipinski definition) is 6. The molecule has 0 spiro atoms. The van der Waals surface area contributed by atoms with E-state index in [1.165, 1.54) is 24.2 Å². The summed E-state index contributed by atoms with van der Waals surface area (Å²) in [5.74, 6) is -0.108. The number of thiazole rings is 1. The Balaban J connectivity index is 1.52. The molecular weight excluding hydrogens is 276 g/mol. The summed E-state index contributed by atoms with van der Waals surface area (Å²) in [6, 6.07) is 0.588. The molecule has 0 radical (unpaired) electrons. The summed E-state index contributed by atoms with van der Waals surface area (Å²) in [5.41, 5.74) is 6.30. The number of rotatable bonds is 3. The Morgan fingerprint density at radius 1 is 1.65 bits per heavy atom. The molecular formula is C13H20N4O2S. The molecule has 0 bridgehead atoms. The maximum atomic E-state index is 12.1. The number of nitrogens with one attached hydrogen (secondary N) is 1.